The zero-order valence-electron chi connectivity index (χ0n) is 19.5. The minimum atomic E-state index is -0.595. The summed E-state index contributed by atoms with van der Waals surface area (Å²) in [4.78, 5) is 24.5. The Kier molecular flexibility index (Phi) is 9.68. The molecule has 0 saturated carbocycles. The Hall–Kier alpha value is -3.61. The lowest BCUT2D eigenvalue weighted by Crippen LogP contribution is -2.13. The molecule has 0 aromatic heterocycles. The first-order valence-corrected chi connectivity index (χ1v) is 12.4. The minimum absolute atomic E-state index is 0.115. The second-order valence-electron chi connectivity index (χ2n) is 7.36. The molecule has 0 unspecified atom stereocenters. The third-order valence-electron chi connectivity index (χ3n) is 4.91. The van der Waals surface area contributed by atoms with Gasteiger partial charge in [0.25, 0.3) is 5.91 Å². The predicted molar refractivity (Wildman–Crippen MR) is 144 cm³/mol. The van der Waals surface area contributed by atoms with Crippen molar-refractivity contribution in [1.82, 2.24) is 0 Å². The number of nitriles is 1. The molecule has 0 aliphatic carbocycles. The van der Waals surface area contributed by atoms with Crippen molar-refractivity contribution in [3.63, 3.8) is 0 Å². The van der Waals surface area contributed by atoms with E-state index in [0.29, 0.717) is 39.4 Å². The van der Waals surface area contributed by atoms with Crippen LogP contribution < -0.4 is 14.8 Å². The topological polar surface area (TPSA) is 97.7 Å². The number of esters is 1. The summed E-state index contributed by atoms with van der Waals surface area (Å²) in [6.07, 6.45) is 1.45. The third kappa shape index (κ3) is 7.20. The number of nitrogens with one attached hydrogen (secondary N) is 1. The maximum Gasteiger partial charge on any atom is 0.338 e. The summed E-state index contributed by atoms with van der Waals surface area (Å²) in [6.45, 7) is 2.33. The van der Waals surface area contributed by atoms with Gasteiger partial charge in [-0.2, -0.15) is 5.26 Å². The van der Waals surface area contributed by atoms with Crippen LogP contribution in [-0.2, 0) is 16.1 Å². The van der Waals surface area contributed by atoms with E-state index in [2.05, 4.69) is 37.2 Å². The lowest BCUT2D eigenvalue weighted by atomic mass is 10.1. The van der Waals surface area contributed by atoms with E-state index in [0.717, 1.165) is 10.0 Å². The van der Waals surface area contributed by atoms with Crippen molar-refractivity contribution in [1.29, 1.82) is 5.26 Å². The number of carbonyl (C=O) groups excluding carboxylic acids is 2. The summed E-state index contributed by atoms with van der Waals surface area (Å²) >= 11 is 6.89. The second kappa shape index (κ2) is 12.9. The summed E-state index contributed by atoms with van der Waals surface area (Å²) in [7, 11) is 1.51. The van der Waals surface area contributed by atoms with E-state index in [9.17, 15) is 14.9 Å². The van der Waals surface area contributed by atoms with Crippen LogP contribution in [0, 0.1) is 11.3 Å². The first-order chi connectivity index (χ1) is 17.3. The molecule has 3 rings (SSSR count). The second-order valence-corrected chi connectivity index (χ2v) is 9.13. The van der Waals surface area contributed by atoms with Gasteiger partial charge in [0.1, 0.15) is 18.2 Å². The summed E-state index contributed by atoms with van der Waals surface area (Å²) < 4.78 is 17.9. The molecular formula is C27H22Br2N2O5. The van der Waals surface area contributed by atoms with Crippen LogP contribution in [-0.4, -0.2) is 25.6 Å². The minimum Gasteiger partial charge on any atom is -0.493 e. The molecule has 0 fully saturated rings. The van der Waals surface area contributed by atoms with Crippen molar-refractivity contribution >= 4 is 55.5 Å². The van der Waals surface area contributed by atoms with Crippen LogP contribution in [0.15, 0.2) is 75.2 Å². The SMILES string of the molecule is CCOC(=O)c1ccc(NC(=O)/C(C#N)=C/c2cc(OC)c(OCc3ccc(Br)cc3)cc2Br)cc1. The first-order valence-electron chi connectivity index (χ1n) is 10.8. The number of ether oxygens (including phenoxy) is 3. The van der Waals surface area contributed by atoms with Gasteiger partial charge >= 0.3 is 5.97 Å². The first kappa shape index (κ1) is 27.0. The van der Waals surface area contributed by atoms with E-state index in [-0.39, 0.29) is 12.2 Å². The van der Waals surface area contributed by atoms with Crippen LogP contribution in [0.2, 0.25) is 0 Å². The van der Waals surface area contributed by atoms with Gasteiger partial charge in [-0.1, -0.05) is 44.0 Å². The van der Waals surface area contributed by atoms with Crippen LogP contribution in [0.5, 0.6) is 11.5 Å². The standard InChI is InChI=1S/C27H22Br2N2O5/c1-3-35-27(33)18-6-10-22(11-7-18)31-26(32)20(15-30)12-19-13-24(34-2)25(14-23(19)29)36-16-17-4-8-21(28)9-5-17/h4-14H,3,16H2,1-2H3,(H,31,32)/b20-12+. The van der Waals surface area contributed by atoms with Gasteiger partial charge in [-0.15, -0.1) is 0 Å². The number of methoxy groups -OCH3 is 1. The van der Waals surface area contributed by atoms with Gasteiger partial charge in [0, 0.05) is 14.6 Å². The number of rotatable bonds is 9. The van der Waals surface area contributed by atoms with E-state index in [4.69, 9.17) is 14.2 Å². The Morgan fingerprint density at radius 2 is 1.72 bits per heavy atom. The van der Waals surface area contributed by atoms with Gasteiger partial charge in [-0.25, -0.2) is 4.79 Å². The van der Waals surface area contributed by atoms with Crippen molar-refractivity contribution in [2.45, 2.75) is 13.5 Å². The lowest BCUT2D eigenvalue weighted by molar-refractivity contribution is -0.112. The number of amides is 1. The van der Waals surface area contributed by atoms with Crippen LogP contribution >= 0.6 is 31.9 Å². The summed E-state index contributed by atoms with van der Waals surface area (Å²) in [6, 6.07) is 19.3. The number of hydrogen-bond donors (Lipinski definition) is 1. The number of benzene rings is 3. The molecule has 7 nitrogen and oxygen atoms in total. The lowest BCUT2D eigenvalue weighted by Gasteiger charge is -2.13. The zero-order valence-corrected chi connectivity index (χ0v) is 22.7. The molecule has 1 N–H and O–H groups in total. The number of halogens is 2. The van der Waals surface area contributed by atoms with Crippen LogP contribution in [0.3, 0.4) is 0 Å². The van der Waals surface area contributed by atoms with Gasteiger partial charge in [-0.05, 0) is 72.7 Å². The third-order valence-corrected chi connectivity index (χ3v) is 6.12. The molecule has 0 spiro atoms. The molecule has 3 aromatic carbocycles. The molecule has 184 valence electrons. The van der Waals surface area contributed by atoms with E-state index >= 15 is 0 Å². The van der Waals surface area contributed by atoms with Gasteiger partial charge in [0.05, 0.1) is 19.3 Å². The molecule has 3 aromatic rings. The molecule has 1 amide bonds. The Bertz CT molecular complexity index is 1310. The fourth-order valence-corrected chi connectivity index (χ4v) is 3.78. The Morgan fingerprint density at radius 1 is 1.03 bits per heavy atom. The Labute approximate surface area is 225 Å². The largest absolute Gasteiger partial charge is 0.493 e. The van der Waals surface area contributed by atoms with Crippen LogP contribution in [0.4, 0.5) is 5.69 Å². The average Bonchev–Trinajstić information content (AvgIpc) is 2.88. The summed E-state index contributed by atoms with van der Waals surface area (Å²) in [5, 5.41) is 12.3. The molecule has 0 bridgehead atoms. The molecule has 36 heavy (non-hydrogen) atoms. The van der Waals surface area contributed by atoms with Gasteiger partial charge in [-0.3, -0.25) is 4.79 Å². The molecule has 0 radical (unpaired) electrons. The van der Waals surface area contributed by atoms with E-state index in [1.165, 1.54) is 25.3 Å². The number of hydrogen-bond acceptors (Lipinski definition) is 6. The quantitative estimate of drug-likeness (QED) is 0.168. The van der Waals surface area contributed by atoms with Crippen molar-refractivity contribution < 1.29 is 23.8 Å². The van der Waals surface area contributed by atoms with Gasteiger partial charge < -0.3 is 19.5 Å². The molecular weight excluding hydrogens is 592 g/mol. The summed E-state index contributed by atoms with van der Waals surface area (Å²) in [5.74, 6) is -0.0817. The van der Waals surface area contributed by atoms with Gasteiger partial charge in [0.15, 0.2) is 11.5 Å². The highest BCUT2D eigenvalue weighted by molar-refractivity contribution is 9.10. The summed E-state index contributed by atoms with van der Waals surface area (Å²) in [5.41, 5.74) is 2.23. The van der Waals surface area contributed by atoms with Crippen molar-refractivity contribution in [2.24, 2.45) is 0 Å². The van der Waals surface area contributed by atoms with E-state index < -0.39 is 11.9 Å². The Morgan fingerprint density at radius 3 is 2.33 bits per heavy atom. The molecule has 0 saturated heterocycles. The fraction of sp³-hybridized carbons (Fsp3) is 0.148. The molecule has 0 aliphatic rings. The van der Waals surface area contributed by atoms with Crippen molar-refractivity contribution in [3.05, 3.63) is 91.9 Å². The number of nitrogens with zero attached hydrogens (tertiary/aromatic N) is 1. The van der Waals surface area contributed by atoms with Crippen molar-refractivity contribution in [3.8, 4) is 17.6 Å². The maximum absolute atomic E-state index is 12.7. The Balaban J connectivity index is 1.76. The number of anilines is 1. The normalized spacial score (nSPS) is 10.8. The van der Waals surface area contributed by atoms with Crippen molar-refractivity contribution in [2.75, 3.05) is 19.0 Å². The molecule has 9 heteroatoms. The smallest absolute Gasteiger partial charge is 0.338 e. The van der Waals surface area contributed by atoms with Crippen LogP contribution in [0.25, 0.3) is 6.08 Å². The monoisotopic (exact) mass is 612 g/mol. The van der Waals surface area contributed by atoms with Crippen LogP contribution in [0.1, 0.15) is 28.4 Å². The van der Waals surface area contributed by atoms with E-state index in [1.807, 2.05) is 30.3 Å². The highest BCUT2D eigenvalue weighted by Crippen LogP contribution is 2.35. The van der Waals surface area contributed by atoms with Gasteiger partial charge in [0.2, 0.25) is 0 Å². The predicted octanol–water partition coefficient (Wildman–Crippen LogP) is 6.52. The highest BCUT2D eigenvalue weighted by atomic mass is 79.9. The fourth-order valence-electron chi connectivity index (χ4n) is 3.08. The molecule has 0 aliphatic heterocycles. The maximum atomic E-state index is 12.7. The molecule has 0 atom stereocenters. The molecule has 0 heterocycles. The highest BCUT2D eigenvalue weighted by Gasteiger charge is 2.15. The van der Waals surface area contributed by atoms with E-state index in [1.54, 1.807) is 31.2 Å². The zero-order chi connectivity index (χ0) is 26.1. The average molecular weight is 614 g/mol. The number of carbonyl (C=O) groups is 2.